The topological polar surface area (TPSA) is 73.8 Å². The van der Waals surface area contributed by atoms with Crippen LogP contribution in [0.2, 0.25) is 0 Å². The lowest BCUT2D eigenvalue weighted by Gasteiger charge is -2.30. The second-order valence-corrected chi connectivity index (χ2v) is 12.4. The summed E-state index contributed by atoms with van der Waals surface area (Å²) in [5.41, 5.74) is 0.605. The summed E-state index contributed by atoms with van der Waals surface area (Å²) in [6.07, 6.45) is 4.97. The molecule has 0 unspecified atom stereocenters. The van der Waals surface area contributed by atoms with Crippen molar-refractivity contribution >= 4 is 42.6 Å². The molecule has 0 saturated heterocycles. The molecule has 1 amide bonds. The number of hydrogen-bond acceptors (Lipinski definition) is 6. The zero-order chi connectivity index (χ0) is 26.6. The van der Waals surface area contributed by atoms with Crippen molar-refractivity contribution in [3.8, 4) is 0 Å². The van der Waals surface area contributed by atoms with Gasteiger partial charge in [0.1, 0.15) is 11.3 Å². The van der Waals surface area contributed by atoms with Crippen LogP contribution in [-0.2, 0) is 10.0 Å². The van der Waals surface area contributed by atoms with Crippen LogP contribution in [0.15, 0.2) is 47.4 Å². The van der Waals surface area contributed by atoms with Crippen LogP contribution in [0.5, 0.6) is 0 Å². The third-order valence-corrected chi connectivity index (χ3v) is 10.2. The summed E-state index contributed by atoms with van der Waals surface area (Å²) in [5, 5.41) is 0.422. The molecule has 1 aliphatic carbocycles. The first-order valence-electron chi connectivity index (χ1n) is 12.9. The lowest BCUT2D eigenvalue weighted by molar-refractivity contribution is 0.0983. The fourth-order valence-electron chi connectivity index (χ4n) is 4.82. The zero-order valence-electron chi connectivity index (χ0n) is 21.7. The first kappa shape index (κ1) is 27.6. The summed E-state index contributed by atoms with van der Waals surface area (Å²) in [6.45, 7) is 6.82. The van der Waals surface area contributed by atoms with Crippen LogP contribution in [0.4, 0.5) is 9.52 Å². The van der Waals surface area contributed by atoms with Gasteiger partial charge in [-0.2, -0.15) is 4.31 Å². The molecule has 1 aliphatic rings. The highest BCUT2D eigenvalue weighted by Gasteiger charge is 2.29. The molecular formula is C27H35FN4O3S2. The van der Waals surface area contributed by atoms with Gasteiger partial charge in [-0.05, 0) is 62.3 Å². The number of thiazole rings is 1. The number of rotatable bonds is 10. The number of likely N-dealkylation sites (N-methyl/N-ethyl adjacent to an activating group) is 1. The molecule has 0 bridgehead atoms. The van der Waals surface area contributed by atoms with Gasteiger partial charge in [-0.3, -0.25) is 9.69 Å². The molecule has 37 heavy (non-hydrogen) atoms. The number of hydrogen-bond donors (Lipinski definition) is 0. The van der Waals surface area contributed by atoms with E-state index < -0.39 is 15.8 Å². The Kier molecular flexibility index (Phi) is 8.94. The van der Waals surface area contributed by atoms with Crippen molar-refractivity contribution in [1.82, 2.24) is 14.2 Å². The molecule has 1 aromatic heterocycles. The molecule has 2 aromatic carbocycles. The number of nitrogens with zero attached hydrogens (tertiary/aromatic N) is 4. The minimum absolute atomic E-state index is 0.00931. The van der Waals surface area contributed by atoms with Gasteiger partial charge in [-0.1, -0.05) is 50.5 Å². The van der Waals surface area contributed by atoms with Crippen LogP contribution in [0.25, 0.3) is 10.2 Å². The number of para-hydroxylation sites is 1. The Labute approximate surface area is 223 Å². The fourth-order valence-corrected chi connectivity index (χ4v) is 7.24. The van der Waals surface area contributed by atoms with Gasteiger partial charge in [-0.25, -0.2) is 17.8 Å². The minimum Gasteiger partial charge on any atom is -0.302 e. The highest BCUT2D eigenvalue weighted by Crippen LogP contribution is 2.32. The molecule has 4 rings (SSSR count). The molecule has 7 nitrogen and oxygen atoms in total. The normalized spacial score (nSPS) is 15.1. The third kappa shape index (κ3) is 6.03. The lowest BCUT2D eigenvalue weighted by Crippen LogP contribution is -2.39. The molecule has 200 valence electrons. The minimum atomic E-state index is -3.65. The Balaban J connectivity index is 1.60. The second kappa shape index (κ2) is 12.0. The molecule has 10 heteroatoms. The van der Waals surface area contributed by atoms with Gasteiger partial charge in [0.05, 0.1) is 9.60 Å². The summed E-state index contributed by atoms with van der Waals surface area (Å²) in [6, 6.07) is 10.9. The molecule has 1 fully saturated rings. The monoisotopic (exact) mass is 546 g/mol. The van der Waals surface area contributed by atoms with Crippen LogP contribution in [-0.4, -0.2) is 67.8 Å². The second-order valence-electron chi connectivity index (χ2n) is 9.40. The number of fused-ring (bicyclic) bond motifs is 1. The van der Waals surface area contributed by atoms with E-state index in [-0.39, 0.29) is 22.4 Å². The van der Waals surface area contributed by atoms with E-state index in [1.807, 2.05) is 0 Å². The van der Waals surface area contributed by atoms with Crippen molar-refractivity contribution in [2.24, 2.45) is 0 Å². The van der Waals surface area contributed by atoms with Crippen LogP contribution < -0.4 is 4.90 Å². The number of carbonyl (C=O) groups is 1. The first-order chi connectivity index (χ1) is 17.8. The van der Waals surface area contributed by atoms with E-state index in [2.05, 4.69) is 23.7 Å². The number of halogens is 1. The summed E-state index contributed by atoms with van der Waals surface area (Å²) >= 11 is 1.27. The average molecular weight is 547 g/mol. The maximum atomic E-state index is 14.3. The number of amides is 1. The third-order valence-electron chi connectivity index (χ3n) is 7.24. The number of aromatic nitrogens is 1. The van der Waals surface area contributed by atoms with Gasteiger partial charge in [0.15, 0.2) is 5.13 Å². The van der Waals surface area contributed by atoms with Crippen molar-refractivity contribution in [3.05, 3.63) is 53.8 Å². The van der Waals surface area contributed by atoms with Crippen molar-refractivity contribution < 1.29 is 17.6 Å². The van der Waals surface area contributed by atoms with E-state index in [9.17, 15) is 17.6 Å². The number of anilines is 1. The van der Waals surface area contributed by atoms with Gasteiger partial charge >= 0.3 is 0 Å². The largest absolute Gasteiger partial charge is 0.302 e. The Morgan fingerprint density at radius 1 is 1.03 bits per heavy atom. The summed E-state index contributed by atoms with van der Waals surface area (Å²) in [4.78, 5) is 22.1. The first-order valence-corrected chi connectivity index (χ1v) is 15.2. The van der Waals surface area contributed by atoms with Crippen molar-refractivity contribution in [3.63, 3.8) is 0 Å². The molecule has 0 atom stereocenters. The van der Waals surface area contributed by atoms with E-state index in [1.54, 1.807) is 36.2 Å². The highest BCUT2D eigenvalue weighted by molar-refractivity contribution is 7.89. The van der Waals surface area contributed by atoms with Gasteiger partial charge in [-0.15, -0.1) is 0 Å². The van der Waals surface area contributed by atoms with Gasteiger partial charge < -0.3 is 4.90 Å². The number of carbonyl (C=O) groups excluding carboxylic acids is 1. The van der Waals surface area contributed by atoms with E-state index in [4.69, 9.17) is 0 Å². The Hall–Kier alpha value is -2.40. The Bertz CT molecular complexity index is 1320. The SMILES string of the molecule is CCN(CC)CCN(C(=O)c1ccc(S(=O)(=O)N(C)C2CCCCC2)cc1)c1nc2c(F)cccc2s1. The predicted molar refractivity (Wildman–Crippen MR) is 147 cm³/mol. The maximum Gasteiger partial charge on any atom is 0.260 e. The van der Waals surface area contributed by atoms with E-state index in [0.717, 1.165) is 45.2 Å². The standard InChI is InChI=1S/C27H35FN4O3S2/c1-4-31(5-2)18-19-32(27-29-25-23(28)12-9-13-24(25)36-27)26(33)20-14-16-22(17-15-20)37(34,35)30(3)21-10-7-6-8-11-21/h9,12-17,21H,4-8,10-11,18-19H2,1-3H3. The molecular weight excluding hydrogens is 511 g/mol. The van der Waals surface area contributed by atoms with Crippen molar-refractivity contribution in [2.75, 3.05) is 38.1 Å². The maximum absolute atomic E-state index is 14.3. The fraction of sp³-hybridized carbons (Fsp3) is 0.481. The molecule has 0 aliphatic heterocycles. The van der Waals surface area contributed by atoms with Crippen LogP contribution in [0.3, 0.4) is 0 Å². The van der Waals surface area contributed by atoms with Crippen molar-refractivity contribution in [1.29, 1.82) is 0 Å². The van der Waals surface area contributed by atoms with E-state index in [1.165, 1.54) is 33.8 Å². The Morgan fingerprint density at radius 2 is 1.70 bits per heavy atom. The van der Waals surface area contributed by atoms with E-state index >= 15 is 0 Å². The van der Waals surface area contributed by atoms with Gasteiger partial charge in [0.2, 0.25) is 10.0 Å². The quantitative estimate of drug-likeness (QED) is 0.342. The predicted octanol–water partition coefficient (Wildman–Crippen LogP) is 5.38. The molecule has 0 radical (unpaired) electrons. The Morgan fingerprint density at radius 3 is 2.32 bits per heavy atom. The van der Waals surface area contributed by atoms with Crippen LogP contribution in [0.1, 0.15) is 56.3 Å². The van der Waals surface area contributed by atoms with Gasteiger partial charge in [0, 0.05) is 31.7 Å². The number of sulfonamides is 1. The molecule has 0 N–H and O–H groups in total. The molecule has 0 spiro atoms. The molecule has 1 saturated carbocycles. The highest BCUT2D eigenvalue weighted by atomic mass is 32.2. The van der Waals surface area contributed by atoms with E-state index in [0.29, 0.717) is 28.5 Å². The lowest BCUT2D eigenvalue weighted by atomic mass is 9.96. The summed E-state index contributed by atoms with van der Waals surface area (Å²) in [7, 11) is -2.01. The van der Waals surface area contributed by atoms with Crippen LogP contribution >= 0.6 is 11.3 Å². The van der Waals surface area contributed by atoms with Crippen LogP contribution in [0, 0.1) is 5.82 Å². The van der Waals surface area contributed by atoms with Gasteiger partial charge in [0.25, 0.3) is 5.91 Å². The van der Waals surface area contributed by atoms with Crippen molar-refractivity contribution in [2.45, 2.75) is 56.9 Å². The molecule has 1 heterocycles. The average Bonchev–Trinajstić information content (AvgIpc) is 3.36. The smallest absolute Gasteiger partial charge is 0.260 e. The summed E-state index contributed by atoms with van der Waals surface area (Å²) in [5.74, 6) is -0.719. The zero-order valence-corrected chi connectivity index (χ0v) is 23.3. The number of benzene rings is 2. The molecule has 3 aromatic rings. The summed E-state index contributed by atoms with van der Waals surface area (Å²) < 4.78 is 42.9.